The van der Waals surface area contributed by atoms with E-state index in [4.69, 9.17) is 42.6 Å². The van der Waals surface area contributed by atoms with Crippen LogP contribution in [-0.4, -0.2) is 92.5 Å². The number of aromatic hydroxyl groups is 1. The molecule has 2 aromatic rings. The Balaban J connectivity index is 1.35. The van der Waals surface area contributed by atoms with Gasteiger partial charge in [-0.2, -0.15) is 0 Å². The van der Waals surface area contributed by atoms with E-state index in [1.807, 2.05) is 13.0 Å². The molecule has 13 heteroatoms. The Bertz CT molecular complexity index is 1400. The molecule has 0 amide bonds. The first-order valence-corrected chi connectivity index (χ1v) is 14.2. The molecule has 3 fully saturated rings. The van der Waals surface area contributed by atoms with Crippen LogP contribution in [0.5, 0.6) is 28.7 Å². The van der Waals surface area contributed by atoms with Crippen molar-refractivity contribution in [3.05, 3.63) is 41.0 Å². The Kier molecular flexibility index (Phi) is 6.87. The molecule has 5 aliphatic rings. The summed E-state index contributed by atoms with van der Waals surface area (Å²) < 4.78 is 51.9. The number of hydrogen-bond acceptors (Lipinski definition) is 13. The molecular weight excluding hydrogens is 568 g/mol. The minimum atomic E-state index is -1.44. The first-order valence-electron chi connectivity index (χ1n) is 14.2. The Morgan fingerprint density at radius 3 is 2.33 bits per heavy atom. The zero-order valence-electron chi connectivity index (χ0n) is 24.1. The van der Waals surface area contributed by atoms with Crippen LogP contribution in [0, 0.1) is 11.8 Å². The Morgan fingerprint density at radius 2 is 1.63 bits per heavy atom. The third kappa shape index (κ3) is 4.25. The minimum Gasteiger partial charge on any atom is -0.502 e. The Hall–Kier alpha value is -3.33. The van der Waals surface area contributed by atoms with E-state index >= 15 is 0 Å². The maximum absolute atomic E-state index is 13.6. The predicted octanol–water partition coefficient (Wildman–Crippen LogP) is 1.51. The van der Waals surface area contributed by atoms with Crippen molar-refractivity contribution in [2.75, 3.05) is 34.2 Å². The zero-order valence-corrected chi connectivity index (χ0v) is 24.1. The number of esters is 1. The summed E-state index contributed by atoms with van der Waals surface area (Å²) in [7, 11) is 2.86. The average Bonchev–Trinajstić information content (AvgIpc) is 3.63. The van der Waals surface area contributed by atoms with Crippen molar-refractivity contribution in [3.8, 4) is 28.7 Å². The molecule has 7 rings (SSSR count). The van der Waals surface area contributed by atoms with Crippen molar-refractivity contribution in [1.29, 1.82) is 0 Å². The Labute approximate surface area is 247 Å². The van der Waals surface area contributed by atoms with Crippen molar-refractivity contribution in [2.45, 2.75) is 62.4 Å². The number of carbonyl (C=O) groups is 1. The highest BCUT2D eigenvalue weighted by Crippen LogP contribution is 2.59. The van der Waals surface area contributed by atoms with Crippen LogP contribution in [-0.2, 0) is 33.9 Å². The molecule has 4 heterocycles. The summed E-state index contributed by atoms with van der Waals surface area (Å²) >= 11 is 0. The van der Waals surface area contributed by atoms with E-state index in [0.717, 1.165) is 0 Å². The molecular formula is C30H34O13. The summed E-state index contributed by atoms with van der Waals surface area (Å²) in [4.78, 5) is 13.6. The molecule has 3 N–H and O–H groups in total. The van der Waals surface area contributed by atoms with Crippen LogP contribution in [0.3, 0.4) is 0 Å². The zero-order chi connectivity index (χ0) is 30.2. The fourth-order valence-corrected chi connectivity index (χ4v) is 7.16. The van der Waals surface area contributed by atoms with Gasteiger partial charge in [-0.25, -0.2) is 0 Å². The molecule has 10 unspecified atom stereocenters. The second-order valence-electron chi connectivity index (χ2n) is 11.6. The lowest BCUT2D eigenvalue weighted by Crippen LogP contribution is -2.63. The maximum atomic E-state index is 13.6. The van der Waals surface area contributed by atoms with Gasteiger partial charge in [-0.15, -0.1) is 0 Å². The molecule has 13 nitrogen and oxygen atoms in total. The number of carbonyl (C=O) groups excluding carboxylic acids is 1. The number of aliphatic hydroxyl groups is 2. The molecule has 0 radical (unpaired) electrons. The molecule has 232 valence electrons. The lowest BCUT2D eigenvalue weighted by Gasteiger charge is -2.49. The lowest BCUT2D eigenvalue weighted by molar-refractivity contribution is -0.364. The van der Waals surface area contributed by atoms with Gasteiger partial charge in [0, 0.05) is 11.3 Å². The molecule has 2 aromatic carbocycles. The predicted molar refractivity (Wildman–Crippen MR) is 143 cm³/mol. The fraction of sp³-hybridized carbons (Fsp3) is 0.567. The second kappa shape index (κ2) is 10.4. The van der Waals surface area contributed by atoms with Crippen LogP contribution in [0.2, 0.25) is 0 Å². The summed E-state index contributed by atoms with van der Waals surface area (Å²) in [6.07, 6.45) is -6.86. The minimum absolute atomic E-state index is 0.0222. The van der Waals surface area contributed by atoms with Crippen molar-refractivity contribution >= 4 is 5.97 Å². The number of fused-ring (bicyclic) bond motifs is 4. The highest BCUT2D eigenvalue weighted by Gasteiger charge is 2.60. The number of ether oxygens (including phenoxy) is 9. The van der Waals surface area contributed by atoms with Crippen LogP contribution >= 0.6 is 0 Å². The van der Waals surface area contributed by atoms with E-state index < -0.39 is 66.3 Å². The SMILES string of the molecule is COc1cc(C2(C)c3cc4c(cc3C(OC3OC5COC(C)OC5C(O)C3O)C3COC(=O)C32)OCO4)cc(OC)c1O. The molecule has 10 atom stereocenters. The molecule has 0 saturated carbocycles. The fourth-order valence-electron chi connectivity index (χ4n) is 7.16. The third-order valence-electron chi connectivity index (χ3n) is 9.37. The van der Waals surface area contributed by atoms with Crippen molar-refractivity contribution < 1.29 is 62.7 Å². The van der Waals surface area contributed by atoms with Crippen LogP contribution in [0.15, 0.2) is 24.3 Å². The molecule has 43 heavy (non-hydrogen) atoms. The van der Waals surface area contributed by atoms with Crippen LogP contribution in [0.4, 0.5) is 0 Å². The van der Waals surface area contributed by atoms with E-state index in [9.17, 15) is 20.1 Å². The molecule has 0 spiro atoms. The third-order valence-corrected chi connectivity index (χ3v) is 9.37. The van der Waals surface area contributed by atoms with Gasteiger partial charge < -0.3 is 58.0 Å². The normalized spacial score (nSPS) is 37.6. The standard InChI is InChI=1S/C30H34O13/c1-12-37-10-21-27(41-12)24(32)25(33)29(42-21)43-26-14-7-17-18(40-11-39-17)8-16(14)30(2,22-15(26)9-38-28(22)34)13-5-19(35-3)23(31)20(6-13)36-4/h5-8,12,15,21-22,24-27,29,31-33H,9-11H2,1-4H3. The summed E-state index contributed by atoms with van der Waals surface area (Å²) in [6.45, 7) is 3.82. The second-order valence-corrected chi connectivity index (χ2v) is 11.6. The lowest BCUT2D eigenvalue weighted by atomic mass is 9.57. The van der Waals surface area contributed by atoms with Gasteiger partial charge in [0.1, 0.15) is 24.4 Å². The molecule has 0 aromatic heterocycles. The first kappa shape index (κ1) is 28.4. The maximum Gasteiger partial charge on any atom is 0.310 e. The van der Waals surface area contributed by atoms with Crippen molar-refractivity contribution in [3.63, 3.8) is 0 Å². The Morgan fingerprint density at radius 1 is 0.930 bits per heavy atom. The number of benzene rings is 2. The van der Waals surface area contributed by atoms with Crippen LogP contribution in [0.25, 0.3) is 0 Å². The highest BCUT2D eigenvalue weighted by molar-refractivity contribution is 5.80. The van der Waals surface area contributed by atoms with Gasteiger partial charge in [-0.05, 0) is 47.9 Å². The van der Waals surface area contributed by atoms with Gasteiger partial charge in [-0.1, -0.05) is 6.92 Å². The van der Waals surface area contributed by atoms with E-state index in [0.29, 0.717) is 28.2 Å². The van der Waals surface area contributed by atoms with Crippen molar-refractivity contribution in [1.82, 2.24) is 0 Å². The number of hydrogen-bond donors (Lipinski definition) is 3. The topological polar surface area (TPSA) is 161 Å². The molecule has 3 saturated heterocycles. The highest BCUT2D eigenvalue weighted by atomic mass is 16.8. The van der Waals surface area contributed by atoms with Crippen molar-refractivity contribution in [2.24, 2.45) is 11.8 Å². The monoisotopic (exact) mass is 602 g/mol. The largest absolute Gasteiger partial charge is 0.502 e. The van der Waals surface area contributed by atoms with Gasteiger partial charge in [0.2, 0.25) is 12.5 Å². The van der Waals surface area contributed by atoms with Gasteiger partial charge in [0.15, 0.2) is 35.6 Å². The van der Waals surface area contributed by atoms with Gasteiger partial charge in [-0.3, -0.25) is 4.79 Å². The van der Waals surface area contributed by atoms with E-state index in [1.54, 1.807) is 25.1 Å². The first-order chi connectivity index (χ1) is 20.6. The van der Waals surface area contributed by atoms with E-state index in [2.05, 4.69) is 0 Å². The summed E-state index contributed by atoms with van der Waals surface area (Å²) in [5.41, 5.74) is 0.929. The molecule has 1 aliphatic carbocycles. The number of cyclic esters (lactones) is 1. The smallest absolute Gasteiger partial charge is 0.310 e. The number of phenolic OH excluding ortho intramolecular Hbond substituents is 1. The summed E-state index contributed by atoms with van der Waals surface area (Å²) in [5.74, 6) is -0.595. The van der Waals surface area contributed by atoms with Crippen LogP contribution in [0.1, 0.15) is 36.6 Å². The quantitative estimate of drug-likeness (QED) is 0.423. The molecule has 4 aliphatic heterocycles. The van der Waals surface area contributed by atoms with Gasteiger partial charge in [0.05, 0.1) is 39.5 Å². The van der Waals surface area contributed by atoms with E-state index in [-0.39, 0.29) is 37.3 Å². The average molecular weight is 603 g/mol. The summed E-state index contributed by atoms with van der Waals surface area (Å²) in [5, 5.41) is 32.7. The van der Waals surface area contributed by atoms with Gasteiger partial charge >= 0.3 is 5.97 Å². The number of phenols is 1. The molecule has 0 bridgehead atoms. The number of aliphatic hydroxyl groups excluding tert-OH is 2. The van der Waals surface area contributed by atoms with Crippen LogP contribution < -0.4 is 18.9 Å². The number of rotatable bonds is 5. The van der Waals surface area contributed by atoms with Gasteiger partial charge in [0.25, 0.3) is 0 Å². The van der Waals surface area contributed by atoms with E-state index in [1.165, 1.54) is 14.2 Å². The number of methoxy groups -OCH3 is 2. The summed E-state index contributed by atoms with van der Waals surface area (Å²) in [6, 6.07) is 6.96.